The number of hydrogen-bond acceptors (Lipinski definition) is 2. The third-order valence-electron chi connectivity index (χ3n) is 9.77. The van der Waals surface area contributed by atoms with E-state index < -0.39 is 0 Å². The molecule has 0 aliphatic rings. The first-order valence-electron chi connectivity index (χ1n) is 16.7. The smallest absolute Gasteiger partial charge is 0.160 e. The van der Waals surface area contributed by atoms with Crippen molar-refractivity contribution in [1.29, 1.82) is 0 Å². The molecule has 0 saturated heterocycles. The standard InChI is InChI=1S/C46H29N3/c1-2-13-33(14-3-1)40-29-41(48-46(47-40)36-19-18-30-10-4-5-15-35(30)28-36)34-20-24-37(25-21-34)49-42-26-22-31-11-6-8-16-38(31)44(42)45-39-17-9-7-12-32(39)23-27-43(45)49/h1-29H. The first kappa shape index (κ1) is 27.5. The van der Waals surface area contributed by atoms with Crippen LogP contribution in [0.4, 0.5) is 0 Å². The van der Waals surface area contributed by atoms with Gasteiger partial charge in [0, 0.05) is 33.2 Å². The average molecular weight is 624 g/mol. The lowest BCUT2D eigenvalue weighted by Gasteiger charge is -2.12. The zero-order valence-corrected chi connectivity index (χ0v) is 26.6. The molecule has 0 fully saturated rings. The molecule has 2 heterocycles. The minimum Gasteiger partial charge on any atom is -0.309 e. The predicted octanol–water partition coefficient (Wildman–Crippen LogP) is 12.0. The molecule has 0 bridgehead atoms. The van der Waals surface area contributed by atoms with Gasteiger partial charge in [0.1, 0.15) is 0 Å². The summed E-state index contributed by atoms with van der Waals surface area (Å²) in [5.74, 6) is 0.715. The van der Waals surface area contributed by atoms with Crippen LogP contribution in [0, 0.1) is 0 Å². The Hall–Kier alpha value is -6.58. The number of aromatic nitrogens is 3. The topological polar surface area (TPSA) is 30.7 Å². The molecule has 49 heavy (non-hydrogen) atoms. The highest BCUT2D eigenvalue weighted by atomic mass is 15.0. The number of rotatable bonds is 4. The molecule has 0 aliphatic heterocycles. The maximum Gasteiger partial charge on any atom is 0.160 e. The highest BCUT2D eigenvalue weighted by Gasteiger charge is 2.18. The Balaban J connectivity index is 1.16. The van der Waals surface area contributed by atoms with Gasteiger partial charge >= 0.3 is 0 Å². The molecular weight excluding hydrogens is 595 g/mol. The van der Waals surface area contributed by atoms with E-state index in [0.717, 1.165) is 33.8 Å². The molecule has 2 aromatic heterocycles. The van der Waals surface area contributed by atoms with Crippen molar-refractivity contribution < 1.29 is 0 Å². The predicted molar refractivity (Wildman–Crippen MR) is 205 cm³/mol. The second kappa shape index (κ2) is 11.0. The van der Waals surface area contributed by atoms with E-state index in [4.69, 9.17) is 9.97 Å². The van der Waals surface area contributed by atoms with E-state index in [9.17, 15) is 0 Å². The molecule has 0 N–H and O–H groups in total. The van der Waals surface area contributed by atoms with E-state index in [2.05, 4.69) is 174 Å². The average Bonchev–Trinajstić information content (AvgIpc) is 3.53. The molecule has 3 heteroatoms. The summed E-state index contributed by atoms with van der Waals surface area (Å²) in [6.07, 6.45) is 0. The van der Waals surface area contributed by atoms with Gasteiger partial charge in [-0.25, -0.2) is 9.97 Å². The van der Waals surface area contributed by atoms with Gasteiger partial charge in [0.05, 0.1) is 22.4 Å². The Morgan fingerprint density at radius 2 is 0.837 bits per heavy atom. The molecule has 0 saturated carbocycles. The molecule has 0 atom stereocenters. The molecule has 0 spiro atoms. The van der Waals surface area contributed by atoms with Crippen molar-refractivity contribution in [3.63, 3.8) is 0 Å². The molecule has 3 nitrogen and oxygen atoms in total. The van der Waals surface area contributed by atoms with Gasteiger partial charge in [-0.1, -0.05) is 140 Å². The van der Waals surface area contributed by atoms with Crippen molar-refractivity contribution in [2.45, 2.75) is 0 Å². The normalized spacial score (nSPS) is 11.7. The van der Waals surface area contributed by atoms with Gasteiger partial charge in [0.2, 0.25) is 0 Å². The second-order valence-corrected chi connectivity index (χ2v) is 12.6. The Kier molecular flexibility index (Phi) is 6.18. The van der Waals surface area contributed by atoms with E-state index >= 15 is 0 Å². The summed E-state index contributed by atoms with van der Waals surface area (Å²) < 4.78 is 2.41. The van der Waals surface area contributed by atoms with Crippen molar-refractivity contribution in [2.75, 3.05) is 0 Å². The van der Waals surface area contributed by atoms with Crippen LogP contribution in [0.15, 0.2) is 176 Å². The van der Waals surface area contributed by atoms with Gasteiger partial charge in [-0.05, 0) is 68.7 Å². The van der Waals surface area contributed by atoms with Crippen molar-refractivity contribution in [1.82, 2.24) is 14.5 Å². The van der Waals surface area contributed by atoms with Crippen LogP contribution in [0.5, 0.6) is 0 Å². The number of hydrogen-bond donors (Lipinski definition) is 0. The molecule has 10 aromatic rings. The summed E-state index contributed by atoms with van der Waals surface area (Å²) in [6.45, 7) is 0. The van der Waals surface area contributed by atoms with Crippen LogP contribution in [-0.2, 0) is 0 Å². The quantitative estimate of drug-likeness (QED) is 0.195. The van der Waals surface area contributed by atoms with E-state index in [1.165, 1.54) is 54.1 Å². The zero-order chi connectivity index (χ0) is 32.3. The Morgan fingerprint density at radius 1 is 0.347 bits per heavy atom. The fourth-order valence-electron chi connectivity index (χ4n) is 7.42. The highest BCUT2D eigenvalue weighted by Crippen LogP contribution is 2.40. The van der Waals surface area contributed by atoms with E-state index in [1.807, 2.05) is 6.07 Å². The molecule has 0 unspecified atom stereocenters. The first-order valence-corrected chi connectivity index (χ1v) is 16.7. The largest absolute Gasteiger partial charge is 0.309 e. The Bertz CT molecular complexity index is 2770. The van der Waals surface area contributed by atoms with E-state index in [0.29, 0.717) is 5.82 Å². The second-order valence-electron chi connectivity index (χ2n) is 12.6. The van der Waals surface area contributed by atoms with Crippen LogP contribution in [0.2, 0.25) is 0 Å². The minimum atomic E-state index is 0.715. The van der Waals surface area contributed by atoms with E-state index in [-0.39, 0.29) is 0 Å². The zero-order valence-electron chi connectivity index (χ0n) is 26.6. The lowest BCUT2D eigenvalue weighted by Crippen LogP contribution is -1.97. The Morgan fingerprint density at radius 3 is 1.47 bits per heavy atom. The van der Waals surface area contributed by atoms with Gasteiger partial charge in [-0.3, -0.25) is 0 Å². The van der Waals surface area contributed by atoms with Crippen LogP contribution in [0.1, 0.15) is 0 Å². The lowest BCUT2D eigenvalue weighted by atomic mass is 10.00. The third kappa shape index (κ3) is 4.51. The Labute approximate surface area is 283 Å². The molecule has 0 aliphatic carbocycles. The van der Waals surface area contributed by atoms with Gasteiger partial charge in [-0.2, -0.15) is 0 Å². The number of benzene rings is 8. The summed E-state index contributed by atoms with van der Waals surface area (Å²) in [5, 5.41) is 9.99. The van der Waals surface area contributed by atoms with Crippen molar-refractivity contribution in [3.05, 3.63) is 176 Å². The molecule has 0 radical (unpaired) electrons. The number of nitrogens with zero attached hydrogens (tertiary/aromatic N) is 3. The fourth-order valence-corrected chi connectivity index (χ4v) is 7.42. The number of fused-ring (bicyclic) bond motifs is 8. The molecule has 228 valence electrons. The van der Waals surface area contributed by atoms with Crippen LogP contribution in [0.3, 0.4) is 0 Å². The van der Waals surface area contributed by atoms with Crippen molar-refractivity contribution in [2.24, 2.45) is 0 Å². The van der Waals surface area contributed by atoms with Crippen LogP contribution >= 0.6 is 0 Å². The fraction of sp³-hybridized carbons (Fsp3) is 0. The lowest BCUT2D eigenvalue weighted by molar-refractivity contribution is 1.17. The minimum absolute atomic E-state index is 0.715. The van der Waals surface area contributed by atoms with Crippen LogP contribution in [0.25, 0.3) is 93.7 Å². The van der Waals surface area contributed by atoms with Crippen molar-refractivity contribution >= 4 is 54.1 Å². The summed E-state index contributed by atoms with van der Waals surface area (Å²) in [4.78, 5) is 10.2. The van der Waals surface area contributed by atoms with Gasteiger partial charge in [0.25, 0.3) is 0 Å². The van der Waals surface area contributed by atoms with Gasteiger partial charge < -0.3 is 4.57 Å². The first-order chi connectivity index (χ1) is 24.3. The summed E-state index contributed by atoms with van der Waals surface area (Å²) in [7, 11) is 0. The molecular formula is C46H29N3. The maximum atomic E-state index is 5.15. The monoisotopic (exact) mass is 623 g/mol. The third-order valence-corrected chi connectivity index (χ3v) is 9.77. The van der Waals surface area contributed by atoms with E-state index in [1.54, 1.807) is 0 Å². The highest BCUT2D eigenvalue weighted by molar-refractivity contribution is 6.28. The summed E-state index contributed by atoms with van der Waals surface area (Å²) >= 11 is 0. The van der Waals surface area contributed by atoms with Gasteiger partial charge in [0.15, 0.2) is 5.82 Å². The molecule has 8 aromatic carbocycles. The SMILES string of the molecule is c1ccc(-c2cc(-c3ccc(-n4c5ccc6ccccc6c5c5c6ccccc6ccc54)cc3)nc(-c3ccc4ccccc4c3)n2)cc1. The van der Waals surface area contributed by atoms with Crippen molar-refractivity contribution in [3.8, 4) is 39.6 Å². The molecule has 10 rings (SSSR count). The summed E-state index contributed by atoms with van der Waals surface area (Å²) in [6, 6.07) is 62.6. The van der Waals surface area contributed by atoms with Crippen LogP contribution in [-0.4, -0.2) is 14.5 Å². The van der Waals surface area contributed by atoms with Crippen LogP contribution < -0.4 is 0 Å². The maximum absolute atomic E-state index is 5.15. The molecule has 0 amide bonds. The summed E-state index contributed by atoms with van der Waals surface area (Å²) in [5.41, 5.74) is 8.41. The van der Waals surface area contributed by atoms with Gasteiger partial charge in [-0.15, -0.1) is 0 Å².